The fourth-order valence-corrected chi connectivity index (χ4v) is 2.06. The topological polar surface area (TPSA) is 107 Å². The molecular formula is C14H17N9O. The molecule has 0 unspecified atom stereocenters. The lowest BCUT2D eigenvalue weighted by Crippen LogP contribution is -2.19. The second-order valence-electron chi connectivity index (χ2n) is 5.35. The molecule has 0 spiro atoms. The highest BCUT2D eigenvalue weighted by molar-refractivity contribution is 5.89. The summed E-state index contributed by atoms with van der Waals surface area (Å²) in [6.45, 7) is 0.0716. The van der Waals surface area contributed by atoms with Crippen LogP contribution in [-0.2, 0) is 18.4 Å². The Hall–Kier alpha value is -3.30. The number of hydrogen-bond donors (Lipinski definition) is 1. The lowest BCUT2D eigenvalue weighted by atomic mass is 10.2. The van der Waals surface area contributed by atoms with Crippen molar-refractivity contribution in [3.8, 4) is 11.3 Å². The number of rotatable bonds is 5. The lowest BCUT2D eigenvalue weighted by molar-refractivity contribution is -0.116. The summed E-state index contributed by atoms with van der Waals surface area (Å²) in [6, 6.07) is 1.86. The highest BCUT2D eigenvalue weighted by Gasteiger charge is 2.10. The van der Waals surface area contributed by atoms with Crippen LogP contribution in [0.15, 0.2) is 31.0 Å². The van der Waals surface area contributed by atoms with Crippen LogP contribution >= 0.6 is 0 Å². The van der Waals surface area contributed by atoms with Crippen LogP contribution in [0.5, 0.6) is 0 Å². The van der Waals surface area contributed by atoms with Crippen molar-refractivity contribution in [3.05, 3.63) is 31.0 Å². The molecule has 3 heterocycles. The van der Waals surface area contributed by atoms with Gasteiger partial charge >= 0.3 is 0 Å². The fourth-order valence-electron chi connectivity index (χ4n) is 2.06. The third-order valence-corrected chi connectivity index (χ3v) is 3.21. The third-order valence-electron chi connectivity index (χ3n) is 3.21. The average molecular weight is 327 g/mol. The van der Waals surface area contributed by atoms with Gasteiger partial charge in [0.2, 0.25) is 5.91 Å². The highest BCUT2D eigenvalue weighted by atomic mass is 16.2. The number of hydrogen-bond acceptors (Lipinski definition) is 7. The van der Waals surface area contributed by atoms with Gasteiger partial charge in [-0.2, -0.15) is 15.0 Å². The first-order chi connectivity index (χ1) is 11.5. The highest BCUT2D eigenvalue weighted by Crippen LogP contribution is 2.19. The zero-order chi connectivity index (χ0) is 17.1. The van der Waals surface area contributed by atoms with E-state index in [1.54, 1.807) is 24.1 Å². The Kier molecular flexibility index (Phi) is 4.18. The first kappa shape index (κ1) is 15.6. The van der Waals surface area contributed by atoms with E-state index in [9.17, 15) is 4.79 Å². The number of aromatic nitrogens is 7. The normalized spacial score (nSPS) is 10.6. The molecule has 0 aromatic carbocycles. The number of anilines is 2. The maximum absolute atomic E-state index is 12.0. The quantitative estimate of drug-likeness (QED) is 0.712. The maximum Gasteiger partial charge on any atom is 0.247 e. The van der Waals surface area contributed by atoms with Gasteiger partial charge in [-0.25, -0.2) is 9.97 Å². The molecule has 0 atom stereocenters. The van der Waals surface area contributed by atoms with Gasteiger partial charge in [0.25, 0.3) is 0 Å². The second kappa shape index (κ2) is 6.44. The van der Waals surface area contributed by atoms with Crippen LogP contribution in [0, 0.1) is 0 Å². The second-order valence-corrected chi connectivity index (χ2v) is 5.35. The molecule has 0 aliphatic carbocycles. The largest absolute Gasteiger partial charge is 0.363 e. The number of aryl methyl sites for hydroxylation is 1. The summed E-state index contributed by atoms with van der Waals surface area (Å²) < 4.78 is 1.54. The standard InChI is InChI=1S/C14H17N9O/c1-21(2)13-4-11(15-9-16-13)10-5-18-23(7-10)8-14(24)19-12-6-17-22(3)20-12/h4-7,9H,8H2,1-3H3,(H,19,20,24). The molecule has 3 rings (SSSR count). The fraction of sp³-hybridized carbons (Fsp3) is 0.286. The summed E-state index contributed by atoms with van der Waals surface area (Å²) in [5.41, 5.74) is 1.56. The number of amides is 1. The van der Waals surface area contributed by atoms with Crippen LogP contribution in [0.2, 0.25) is 0 Å². The van der Waals surface area contributed by atoms with E-state index in [1.165, 1.54) is 17.3 Å². The molecular weight excluding hydrogens is 310 g/mol. The molecule has 0 aliphatic rings. The first-order valence-electron chi connectivity index (χ1n) is 7.19. The Balaban J connectivity index is 1.69. The van der Waals surface area contributed by atoms with E-state index in [2.05, 4.69) is 30.6 Å². The van der Waals surface area contributed by atoms with Crippen molar-refractivity contribution in [3.63, 3.8) is 0 Å². The zero-order valence-electron chi connectivity index (χ0n) is 13.6. The van der Waals surface area contributed by atoms with Crippen LogP contribution in [-0.4, -0.2) is 54.7 Å². The van der Waals surface area contributed by atoms with Crippen molar-refractivity contribution in [1.82, 2.24) is 34.7 Å². The van der Waals surface area contributed by atoms with Gasteiger partial charge in [0.15, 0.2) is 5.82 Å². The summed E-state index contributed by atoms with van der Waals surface area (Å²) >= 11 is 0. The van der Waals surface area contributed by atoms with Crippen LogP contribution < -0.4 is 10.2 Å². The first-order valence-corrected chi connectivity index (χ1v) is 7.19. The number of nitrogens with zero attached hydrogens (tertiary/aromatic N) is 8. The molecule has 1 N–H and O–H groups in total. The minimum atomic E-state index is -0.234. The van der Waals surface area contributed by atoms with Gasteiger partial charge in [-0.15, -0.1) is 5.10 Å². The third kappa shape index (κ3) is 3.54. The number of carbonyl (C=O) groups excluding carboxylic acids is 1. The van der Waals surface area contributed by atoms with Gasteiger partial charge in [-0.3, -0.25) is 9.48 Å². The molecule has 0 saturated heterocycles. The van der Waals surface area contributed by atoms with Gasteiger partial charge < -0.3 is 10.2 Å². The van der Waals surface area contributed by atoms with Gasteiger partial charge in [0, 0.05) is 39.0 Å². The van der Waals surface area contributed by atoms with E-state index in [0.717, 1.165) is 17.1 Å². The van der Waals surface area contributed by atoms with E-state index in [-0.39, 0.29) is 12.5 Å². The predicted octanol–water partition coefficient (Wildman–Crippen LogP) is 0.173. The number of nitrogens with one attached hydrogen (secondary N) is 1. The van der Waals surface area contributed by atoms with Crippen molar-refractivity contribution in [1.29, 1.82) is 0 Å². The molecule has 3 aromatic heterocycles. The Morgan fingerprint density at radius 2 is 2.08 bits per heavy atom. The molecule has 0 fully saturated rings. The predicted molar refractivity (Wildman–Crippen MR) is 87.2 cm³/mol. The summed E-state index contributed by atoms with van der Waals surface area (Å²) in [5.74, 6) is 0.969. The molecule has 0 bridgehead atoms. The van der Waals surface area contributed by atoms with Crippen molar-refractivity contribution < 1.29 is 4.79 Å². The molecule has 10 heteroatoms. The monoisotopic (exact) mass is 327 g/mol. The van der Waals surface area contributed by atoms with Gasteiger partial charge in [-0.1, -0.05) is 0 Å². The van der Waals surface area contributed by atoms with Crippen LogP contribution in [0.1, 0.15) is 0 Å². The van der Waals surface area contributed by atoms with Crippen LogP contribution in [0.3, 0.4) is 0 Å². The van der Waals surface area contributed by atoms with E-state index in [1.807, 2.05) is 25.1 Å². The Labute approximate surface area is 138 Å². The summed E-state index contributed by atoms with van der Waals surface area (Å²) in [4.78, 5) is 23.7. The molecule has 0 saturated carbocycles. The van der Waals surface area contributed by atoms with E-state index < -0.39 is 0 Å². The van der Waals surface area contributed by atoms with Crippen molar-refractivity contribution in [2.45, 2.75) is 6.54 Å². The van der Waals surface area contributed by atoms with Gasteiger partial charge in [0.1, 0.15) is 18.7 Å². The summed E-state index contributed by atoms with van der Waals surface area (Å²) in [5, 5.41) is 14.7. The van der Waals surface area contributed by atoms with Crippen molar-refractivity contribution in [2.75, 3.05) is 24.3 Å². The molecule has 10 nitrogen and oxygen atoms in total. The van der Waals surface area contributed by atoms with Gasteiger partial charge in [-0.05, 0) is 0 Å². The Bertz CT molecular complexity index is 851. The molecule has 24 heavy (non-hydrogen) atoms. The van der Waals surface area contributed by atoms with Gasteiger partial charge in [0.05, 0.1) is 18.1 Å². The minimum absolute atomic E-state index is 0.0716. The SMILES string of the molecule is CN(C)c1cc(-c2cnn(CC(=O)Nc3cnn(C)n3)c2)ncn1. The van der Waals surface area contributed by atoms with Crippen LogP contribution in [0.4, 0.5) is 11.6 Å². The molecule has 0 radical (unpaired) electrons. The molecule has 1 amide bonds. The van der Waals surface area contributed by atoms with Crippen LogP contribution in [0.25, 0.3) is 11.3 Å². The van der Waals surface area contributed by atoms with E-state index >= 15 is 0 Å². The molecule has 3 aromatic rings. The zero-order valence-corrected chi connectivity index (χ0v) is 13.6. The van der Waals surface area contributed by atoms with Crippen molar-refractivity contribution in [2.24, 2.45) is 7.05 Å². The van der Waals surface area contributed by atoms with E-state index in [0.29, 0.717) is 5.82 Å². The lowest BCUT2D eigenvalue weighted by Gasteiger charge is -2.10. The summed E-state index contributed by atoms with van der Waals surface area (Å²) in [6.07, 6.45) is 6.41. The van der Waals surface area contributed by atoms with E-state index in [4.69, 9.17) is 0 Å². The maximum atomic E-state index is 12.0. The Morgan fingerprint density at radius 1 is 1.25 bits per heavy atom. The Morgan fingerprint density at radius 3 is 2.79 bits per heavy atom. The smallest absolute Gasteiger partial charge is 0.247 e. The summed E-state index contributed by atoms with van der Waals surface area (Å²) in [7, 11) is 5.50. The molecule has 0 aliphatic heterocycles. The minimum Gasteiger partial charge on any atom is -0.363 e. The number of carbonyl (C=O) groups is 1. The molecule has 124 valence electrons. The van der Waals surface area contributed by atoms with Crippen molar-refractivity contribution >= 4 is 17.5 Å². The average Bonchev–Trinajstić information content (AvgIpc) is 3.16.